The van der Waals surface area contributed by atoms with E-state index in [1.54, 1.807) is 0 Å². The van der Waals surface area contributed by atoms with Crippen LogP contribution in [0.1, 0.15) is 5.56 Å². The lowest BCUT2D eigenvalue weighted by atomic mass is 10.2. The van der Waals surface area contributed by atoms with Gasteiger partial charge in [0.1, 0.15) is 5.82 Å². The molecule has 5 nitrogen and oxygen atoms in total. The third-order valence-electron chi connectivity index (χ3n) is 4.00. The zero-order chi connectivity index (χ0) is 19.4. The molecule has 3 rings (SSSR count). The Labute approximate surface area is 156 Å². The highest BCUT2D eigenvalue weighted by Crippen LogP contribution is 2.25. The Kier molecular flexibility index (Phi) is 5.23. The van der Waals surface area contributed by atoms with E-state index in [0.717, 1.165) is 22.6 Å². The summed E-state index contributed by atoms with van der Waals surface area (Å²) in [5.41, 5.74) is 1.16. The summed E-state index contributed by atoms with van der Waals surface area (Å²) in [6, 6.07) is 19.2. The maximum absolute atomic E-state index is 13.0. The number of carboxylic acid groups (broad SMARTS) is 1. The molecule has 0 aliphatic rings. The molecule has 0 saturated heterocycles. The van der Waals surface area contributed by atoms with Crippen molar-refractivity contribution < 1.29 is 22.7 Å². The quantitative estimate of drug-likeness (QED) is 0.663. The second kappa shape index (κ2) is 7.59. The molecule has 3 aromatic rings. The number of sulfone groups is 1. The number of hydrogen-bond acceptors (Lipinski definition) is 3. The van der Waals surface area contributed by atoms with Gasteiger partial charge < -0.3 is 5.11 Å². The van der Waals surface area contributed by atoms with Crippen LogP contribution >= 0.6 is 0 Å². The second-order valence-electron chi connectivity index (χ2n) is 5.81. The Bertz CT molecular complexity index is 1030. The summed E-state index contributed by atoms with van der Waals surface area (Å²) in [5, 5.41) is 9.49. The molecule has 138 valence electrons. The Morgan fingerprint density at radius 2 is 1.37 bits per heavy atom. The van der Waals surface area contributed by atoms with E-state index in [0.29, 0.717) is 5.69 Å². The first-order valence-electron chi connectivity index (χ1n) is 8.03. The van der Waals surface area contributed by atoms with Gasteiger partial charge in [0.05, 0.1) is 16.3 Å². The van der Waals surface area contributed by atoms with Crippen LogP contribution in [0.3, 0.4) is 0 Å². The van der Waals surface area contributed by atoms with Crippen LogP contribution in [0, 0.1) is 5.82 Å². The Morgan fingerprint density at radius 3 is 1.89 bits per heavy atom. The number of hydrogen-bond donors (Lipinski definition) is 1. The zero-order valence-corrected chi connectivity index (χ0v) is 14.9. The Balaban J connectivity index is 1.89. The minimum Gasteiger partial charge on any atom is -0.465 e. The molecule has 0 unspecified atom stereocenters. The molecule has 0 atom stereocenters. The molecule has 0 fully saturated rings. The van der Waals surface area contributed by atoms with Crippen LogP contribution in [0.2, 0.25) is 0 Å². The van der Waals surface area contributed by atoms with Crippen LogP contribution in [0.25, 0.3) is 0 Å². The molecule has 0 aromatic heterocycles. The first-order chi connectivity index (χ1) is 12.9. The van der Waals surface area contributed by atoms with Gasteiger partial charge in [-0.25, -0.2) is 17.6 Å². The minimum atomic E-state index is -3.81. The maximum atomic E-state index is 13.0. The van der Waals surface area contributed by atoms with E-state index in [-0.39, 0.29) is 16.3 Å². The smallest absolute Gasteiger partial charge is 0.412 e. The summed E-state index contributed by atoms with van der Waals surface area (Å²) in [4.78, 5) is 12.7. The average molecular weight is 385 g/mol. The molecule has 27 heavy (non-hydrogen) atoms. The SMILES string of the molecule is O=C(O)N(Cc1ccccc1)c1ccc(S(=O)(=O)c2ccc(F)cc2)cc1. The third kappa shape index (κ3) is 4.15. The highest BCUT2D eigenvalue weighted by Gasteiger charge is 2.20. The van der Waals surface area contributed by atoms with Crippen LogP contribution in [0.4, 0.5) is 14.9 Å². The van der Waals surface area contributed by atoms with Crippen molar-refractivity contribution in [3.8, 4) is 0 Å². The van der Waals surface area contributed by atoms with E-state index in [1.165, 1.54) is 36.4 Å². The summed E-state index contributed by atoms with van der Waals surface area (Å²) < 4.78 is 38.2. The van der Waals surface area contributed by atoms with Gasteiger partial charge in [0, 0.05) is 5.69 Å². The molecule has 0 aliphatic carbocycles. The van der Waals surface area contributed by atoms with E-state index < -0.39 is 21.7 Å². The topological polar surface area (TPSA) is 74.7 Å². The minimum absolute atomic E-state index is 0.00269. The van der Waals surface area contributed by atoms with E-state index in [9.17, 15) is 22.7 Å². The second-order valence-corrected chi connectivity index (χ2v) is 7.76. The van der Waals surface area contributed by atoms with Crippen LogP contribution < -0.4 is 4.90 Å². The van der Waals surface area contributed by atoms with Crippen LogP contribution in [-0.4, -0.2) is 19.6 Å². The predicted octanol–water partition coefficient (Wildman–Crippen LogP) is 4.34. The lowest BCUT2D eigenvalue weighted by Gasteiger charge is -2.19. The lowest BCUT2D eigenvalue weighted by Crippen LogP contribution is -2.28. The van der Waals surface area contributed by atoms with Gasteiger partial charge in [0.15, 0.2) is 0 Å². The van der Waals surface area contributed by atoms with Crippen molar-refractivity contribution in [1.82, 2.24) is 0 Å². The molecule has 1 N–H and O–H groups in total. The number of amides is 1. The number of rotatable bonds is 5. The van der Waals surface area contributed by atoms with E-state index >= 15 is 0 Å². The third-order valence-corrected chi connectivity index (χ3v) is 5.78. The molecule has 0 spiro atoms. The average Bonchev–Trinajstić information content (AvgIpc) is 2.67. The zero-order valence-electron chi connectivity index (χ0n) is 14.1. The van der Waals surface area contributed by atoms with Crippen molar-refractivity contribution in [2.45, 2.75) is 16.3 Å². The fourth-order valence-corrected chi connectivity index (χ4v) is 3.85. The molecule has 0 heterocycles. The number of halogens is 1. The molecule has 0 bridgehead atoms. The van der Waals surface area contributed by atoms with Gasteiger partial charge in [-0.1, -0.05) is 30.3 Å². The van der Waals surface area contributed by atoms with E-state index in [2.05, 4.69) is 0 Å². The first-order valence-corrected chi connectivity index (χ1v) is 9.51. The lowest BCUT2D eigenvalue weighted by molar-refractivity contribution is 0.201. The van der Waals surface area contributed by atoms with E-state index in [1.807, 2.05) is 30.3 Å². The van der Waals surface area contributed by atoms with E-state index in [4.69, 9.17) is 0 Å². The Hall–Kier alpha value is -3.19. The molecule has 0 aliphatic heterocycles. The molecule has 0 saturated carbocycles. The largest absolute Gasteiger partial charge is 0.465 e. The molecule has 7 heteroatoms. The highest BCUT2D eigenvalue weighted by atomic mass is 32.2. The van der Waals surface area contributed by atoms with Crippen molar-refractivity contribution in [3.05, 3.63) is 90.2 Å². The summed E-state index contributed by atoms with van der Waals surface area (Å²) >= 11 is 0. The molecular formula is C20H16FNO4S. The summed E-state index contributed by atoms with van der Waals surface area (Å²) in [6.07, 6.45) is -1.15. The summed E-state index contributed by atoms with van der Waals surface area (Å²) in [6.45, 7) is 0.139. The standard InChI is InChI=1S/C20H16FNO4S/c21-16-6-10-18(11-7-16)27(25,26)19-12-8-17(9-13-19)22(20(23)24)14-15-4-2-1-3-5-15/h1-13H,14H2,(H,23,24). The molecule has 1 amide bonds. The van der Waals surface area contributed by atoms with Gasteiger partial charge in [-0.05, 0) is 54.1 Å². The fourth-order valence-electron chi connectivity index (χ4n) is 2.59. The summed E-state index contributed by atoms with van der Waals surface area (Å²) in [7, 11) is -3.81. The highest BCUT2D eigenvalue weighted by molar-refractivity contribution is 7.91. The van der Waals surface area contributed by atoms with Crippen molar-refractivity contribution in [1.29, 1.82) is 0 Å². The van der Waals surface area contributed by atoms with Crippen molar-refractivity contribution in [3.63, 3.8) is 0 Å². The normalized spacial score (nSPS) is 11.1. The molecule has 0 radical (unpaired) electrons. The molecular weight excluding hydrogens is 369 g/mol. The van der Waals surface area contributed by atoms with Crippen LogP contribution in [0.5, 0.6) is 0 Å². The number of nitrogens with zero attached hydrogens (tertiary/aromatic N) is 1. The number of anilines is 1. The molecule has 3 aromatic carbocycles. The van der Waals surface area contributed by atoms with Gasteiger partial charge in [0.25, 0.3) is 0 Å². The number of benzene rings is 3. The van der Waals surface area contributed by atoms with Crippen LogP contribution in [-0.2, 0) is 16.4 Å². The maximum Gasteiger partial charge on any atom is 0.412 e. The van der Waals surface area contributed by atoms with Crippen LogP contribution in [0.15, 0.2) is 88.7 Å². The van der Waals surface area contributed by atoms with Crippen molar-refractivity contribution in [2.24, 2.45) is 0 Å². The first kappa shape index (κ1) is 18.6. The fraction of sp³-hybridized carbons (Fsp3) is 0.0500. The monoisotopic (exact) mass is 385 g/mol. The van der Waals surface area contributed by atoms with Gasteiger partial charge in [-0.15, -0.1) is 0 Å². The predicted molar refractivity (Wildman–Crippen MR) is 98.9 cm³/mol. The number of carbonyl (C=O) groups is 1. The summed E-state index contributed by atoms with van der Waals surface area (Å²) in [5.74, 6) is -0.526. The van der Waals surface area contributed by atoms with Gasteiger partial charge in [-0.3, -0.25) is 4.90 Å². The van der Waals surface area contributed by atoms with Crippen molar-refractivity contribution in [2.75, 3.05) is 4.90 Å². The van der Waals surface area contributed by atoms with Gasteiger partial charge in [-0.2, -0.15) is 0 Å². The van der Waals surface area contributed by atoms with Crippen molar-refractivity contribution >= 4 is 21.6 Å². The van der Waals surface area contributed by atoms with Gasteiger partial charge in [0.2, 0.25) is 9.84 Å². The Morgan fingerprint density at radius 1 is 0.852 bits per heavy atom. The van der Waals surface area contributed by atoms with Gasteiger partial charge >= 0.3 is 6.09 Å².